The topological polar surface area (TPSA) is 73.9 Å². The summed E-state index contributed by atoms with van der Waals surface area (Å²) in [6, 6.07) is 0. The Morgan fingerprint density at radius 1 is 1.33 bits per heavy atom. The van der Waals surface area contributed by atoms with Crippen molar-refractivity contribution in [3.8, 4) is 0 Å². The Labute approximate surface area is 107 Å². The van der Waals surface area contributed by atoms with Gasteiger partial charge in [0.15, 0.2) is 5.54 Å². The Hall–Kier alpha value is -1.30. The van der Waals surface area contributed by atoms with Crippen molar-refractivity contribution in [2.24, 2.45) is 0 Å². The average Bonchev–Trinajstić information content (AvgIpc) is 2.26. The predicted molar refractivity (Wildman–Crippen MR) is 64.2 cm³/mol. The first-order valence-corrected chi connectivity index (χ1v) is 5.96. The Kier molecular flexibility index (Phi) is 4.56. The van der Waals surface area contributed by atoms with E-state index in [4.69, 9.17) is 14.2 Å². The number of carbonyl (C=O) groups excluding carboxylic acids is 2. The molecule has 1 amide bonds. The molecule has 1 saturated heterocycles. The second-order valence-electron chi connectivity index (χ2n) is 5.36. The molecule has 1 unspecified atom stereocenters. The van der Waals surface area contributed by atoms with Gasteiger partial charge in [-0.1, -0.05) is 0 Å². The Balaban J connectivity index is 2.73. The smallest absolute Gasteiger partial charge is 0.408 e. The van der Waals surface area contributed by atoms with Gasteiger partial charge in [-0.15, -0.1) is 0 Å². The summed E-state index contributed by atoms with van der Waals surface area (Å²) >= 11 is 0. The van der Waals surface area contributed by atoms with Crippen LogP contribution in [0.5, 0.6) is 0 Å². The molecule has 0 aromatic rings. The maximum Gasteiger partial charge on any atom is 0.408 e. The van der Waals surface area contributed by atoms with E-state index in [1.54, 1.807) is 20.8 Å². The van der Waals surface area contributed by atoms with E-state index in [2.05, 4.69) is 5.32 Å². The third-order valence-corrected chi connectivity index (χ3v) is 2.56. The van der Waals surface area contributed by atoms with Crippen molar-refractivity contribution in [1.29, 1.82) is 0 Å². The molecule has 1 N–H and O–H groups in total. The summed E-state index contributed by atoms with van der Waals surface area (Å²) in [4.78, 5) is 23.6. The van der Waals surface area contributed by atoms with Crippen LogP contribution in [0.1, 0.15) is 33.6 Å². The summed E-state index contributed by atoms with van der Waals surface area (Å²) in [6.45, 7) is 5.96. The lowest BCUT2D eigenvalue weighted by Gasteiger charge is -2.35. The van der Waals surface area contributed by atoms with Crippen LogP contribution in [0.3, 0.4) is 0 Å². The lowest BCUT2D eigenvalue weighted by molar-refractivity contribution is -0.154. The molecule has 1 aliphatic rings. The number of amides is 1. The van der Waals surface area contributed by atoms with Gasteiger partial charge in [0.2, 0.25) is 0 Å². The van der Waals surface area contributed by atoms with Crippen LogP contribution in [0, 0.1) is 0 Å². The second-order valence-corrected chi connectivity index (χ2v) is 5.36. The number of methoxy groups -OCH3 is 1. The van der Waals surface area contributed by atoms with Gasteiger partial charge in [-0.3, -0.25) is 0 Å². The number of hydrogen-bond donors (Lipinski definition) is 1. The summed E-state index contributed by atoms with van der Waals surface area (Å²) in [6.07, 6.45) is 0.530. The third kappa shape index (κ3) is 3.87. The second kappa shape index (κ2) is 5.56. The highest BCUT2D eigenvalue weighted by molar-refractivity contribution is 5.86. The molecule has 1 atom stereocenters. The van der Waals surface area contributed by atoms with Crippen molar-refractivity contribution in [2.45, 2.75) is 44.8 Å². The van der Waals surface area contributed by atoms with Gasteiger partial charge in [0.05, 0.1) is 13.7 Å². The van der Waals surface area contributed by atoms with Gasteiger partial charge < -0.3 is 19.5 Å². The van der Waals surface area contributed by atoms with Gasteiger partial charge in [0.25, 0.3) is 0 Å². The number of hydrogen-bond acceptors (Lipinski definition) is 5. The van der Waals surface area contributed by atoms with Crippen molar-refractivity contribution >= 4 is 12.1 Å². The maximum absolute atomic E-state index is 11.8. The highest BCUT2D eigenvalue weighted by Crippen LogP contribution is 2.21. The van der Waals surface area contributed by atoms with Crippen LogP contribution in [0.25, 0.3) is 0 Å². The summed E-state index contributed by atoms with van der Waals surface area (Å²) in [5, 5.41) is 2.58. The number of carbonyl (C=O) groups is 2. The number of nitrogens with one attached hydrogen (secondary N) is 1. The van der Waals surface area contributed by atoms with Gasteiger partial charge in [-0.05, 0) is 33.6 Å². The summed E-state index contributed by atoms with van der Waals surface area (Å²) < 4.78 is 15.1. The van der Waals surface area contributed by atoms with E-state index in [0.29, 0.717) is 19.4 Å². The van der Waals surface area contributed by atoms with Crippen LogP contribution in [0.2, 0.25) is 0 Å². The van der Waals surface area contributed by atoms with Gasteiger partial charge in [-0.2, -0.15) is 0 Å². The lowest BCUT2D eigenvalue weighted by atomic mass is 9.92. The molecule has 0 aliphatic carbocycles. The monoisotopic (exact) mass is 259 g/mol. The van der Waals surface area contributed by atoms with Crippen molar-refractivity contribution in [1.82, 2.24) is 5.32 Å². The molecule has 6 heteroatoms. The minimum atomic E-state index is -1.13. The van der Waals surface area contributed by atoms with Crippen molar-refractivity contribution < 1.29 is 23.8 Å². The van der Waals surface area contributed by atoms with E-state index in [0.717, 1.165) is 0 Å². The maximum atomic E-state index is 11.8. The molecular formula is C12H21NO5. The van der Waals surface area contributed by atoms with Crippen LogP contribution in [-0.2, 0) is 19.0 Å². The number of ether oxygens (including phenoxy) is 3. The first-order valence-electron chi connectivity index (χ1n) is 5.96. The molecule has 0 bridgehead atoms. The molecule has 18 heavy (non-hydrogen) atoms. The quantitative estimate of drug-likeness (QED) is 0.755. The molecule has 1 fully saturated rings. The zero-order valence-corrected chi connectivity index (χ0v) is 11.4. The molecule has 104 valence electrons. The summed E-state index contributed by atoms with van der Waals surface area (Å²) in [5.74, 6) is -0.506. The predicted octanol–water partition coefficient (Wildman–Crippen LogP) is 1.23. The fourth-order valence-corrected chi connectivity index (χ4v) is 1.80. The van der Waals surface area contributed by atoms with E-state index in [1.807, 2.05) is 0 Å². The van der Waals surface area contributed by atoms with Crippen LogP contribution < -0.4 is 5.32 Å². The molecule has 1 heterocycles. The van der Waals surface area contributed by atoms with Crippen molar-refractivity contribution in [2.75, 3.05) is 20.3 Å². The molecule has 0 spiro atoms. The molecule has 1 aliphatic heterocycles. The first kappa shape index (κ1) is 14.8. The van der Waals surface area contributed by atoms with Gasteiger partial charge in [0, 0.05) is 6.61 Å². The fourth-order valence-electron chi connectivity index (χ4n) is 1.80. The Bertz CT molecular complexity index is 315. The number of rotatable bonds is 2. The average molecular weight is 259 g/mol. The van der Waals surface area contributed by atoms with Gasteiger partial charge >= 0.3 is 12.1 Å². The highest BCUT2D eigenvalue weighted by Gasteiger charge is 2.44. The van der Waals surface area contributed by atoms with E-state index >= 15 is 0 Å². The zero-order valence-electron chi connectivity index (χ0n) is 11.4. The van der Waals surface area contributed by atoms with E-state index in [9.17, 15) is 9.59 Å². The van der Waals surface area contributed by atoms with Gasteiger partial charge in [-0.25, -0.2) is 9.59 Å². The van der Waals surface area contributed by atoms with Crippen molar-refractivity contribution in [3.63, 3.8) is 0 Å². The Morgan fingerprint density at radius 2 is 2.00 bits per heavy atom. The molecule has 0 radical (unpaired) electrons. The minimum absolute atomic E-state index is 0.110. The summed E-state index contributed by atoms with van der Waals surface area (Å²) in [5.41, 5.74) is -1.74. The van der Waals surface area contributed by atoms with Gasteiger partial charge in [0.1, 0.15) is 5.60 Å². The van der Waals surface area contributed by atoms with E-state index in [1.165, 1.54) is 7.11 Å². The van der Waals surface area contributed by atoms with Crippen molar-refractivity contribution in [3.05, 3.63) is 0 Å². The number of esters is 1. The van der Waals surface area contributed by atoms with Crippen LogP contribution in [0.4, 0.5) is 4.79 Å². The first-order chi connectivity index (χ1) is 8.29. The van der Waals surface area contributed by atoms with Crippen LogP contribution in [0.15, 0.2) is 0 Å². The molecule has 0 aromatic heterocycles. The molecule has 0 aromatic carbocycles. The van der Waals surface area contributed by atoms with E-state index < -0.39 is 23.2 Å². The standard InChI is InChI=1S/C12H21NO5/c1-11(2,3)18-10(15)13-12(9(14)16-4)6-5-7-17-8-12/h5-8H2,1-4H3,(H,13,15). The molecule has 0 saturated carbocycles. The largest absolute Gasteiger partial charge is 0.467 e. The summed E-state index contributed by atoms with van der Waals surface area (Å²) in [7, 11) is 1.29. The normalized spacial score (nSPS) is 24.2. The highest BCUT2D eigenvalue weighted by atomic mass is 16.6. The SMILES string of the molecule is COC(=O)C1(NC(=O)OC(C)(C)C)CCCOC1. The third-order valence-electron chi connectivity index (χ3n) is 2.56. The number of alkyl carbamates (subject to hydrolysis) is 1. The zero-order chi connectivity index (χ0) is 13.8. The Morgan fingerprint density at radius 3 is 2.44 bits per heavy atom. The lowest BCUT2D eigenvalue weighted by Crippen LogP contribution is -2.60. The van der Waals surface area contributed by atoms with Crippen LogP contribution in [-0.4, -0.2) is 43.5 Å². The molecular weight excluding hydrogens is 238 g/mol. The fraction of sp³-hybridized carbons (Fsp3) is 0.833. The molecule has 6 nitrogen and oxygen atoms in total. The van der Waals surface area contributed by atoms with E-state index in [-0.39, 0.29) is 6.61 Å². The molecule has 1 rings (SSSR count). The minimum Gasteiger partial charge on any atom is -0.467 e. The van der Waals surface area contributed by atoms with Crippen LogP contribution >= 0.6 is 0 Å².